The number of rotatable bonds is 4. The van der Waals surface area contributed by atoms with Crippen molar-refractivity contribution in [2.24, 2.45) is 0 Å². The highest BCUT2D eigenvalue weighted by molar-refractivity contribution is 7.07. The van der Waals surface area contributed by atoms with E-state index < -0.39 is 18.6 Å². The molecule has 6 heteroatoms. The normalized spacial score (nSPS) is 11.6. The first-order valence-electron chi connectivity index (χ1n) is 7.29. The van der Waals surface area contributed by atoms with Gasteiger partial charge in [-0.15, -0.1) is 0 Å². The smallest absolute Gasteiger partial charge is 0.325 e. The van der Waals surface area contributed by atoms with Gasteiger partial charge in [0, 0.05) is 12.1 Å². The summed E-state index contributed by atoms with van der Waals surface area (Å²) in [6.07, 6.45) is -4.45. The lowest BCUT2D eigenvalue weighted by atomic mass is 10.0. The van der Waals surface area contributed by atoms with Crippen molar-refractivity contribution in [3.63, 3.8) is 0 Å². The Morgan fingerprint density at radius 1 is 1.04 bits per heavy atom. The van der Waals surface area contributed by atoms with Crippen molar-refractivity contribution in [1.29, 1.82) is 0 Å². The molecule has 0 aliphatic carbocycles. The molecule has 3 aromatic rings. The number of nitrogens with zero attached hydrogens (tertiary/aromatic N) is 1. The van der Waals surface area contributed by atoms with E-state index in [0.717, 1.165) is 10.3 Å². The van der Waals surface area contributed by atoms with Crippen LogP contribution in [0.4, 0.5) is 13.2 Å². The van der Waals surface area contributed by atoms with Gasteiger partial charge in [0.05, 0.1) is 0 Å². The number of fused-ring (bicyclic) bond motifs is 1. The average molecular weight is 349 g/mol. The molecule has 0 N–H and O–H groups in total. The number of hydrogen-bond acceptors (Lipinski definition) is 2. The van der Waals surface area contributed by atoms with Crippen molar-refractivity contribution < 1.29 is 18.0 Å². The van der Waals surface area contributed by atoms with Crippen LogP contribution in [-0.4, -0.2) is 23.5 Å². The zero-order valence-electron chi connectivity index (χ0n) is 12.6. The summed E-state index contributed by atoms with van der Waals surface area (Å²) in [6, 6.07) is 14.0. The topological polar surface area (TPSA) is 20.3 Å². The second-order valence-electron chi connectivity index (χ2n) is 5.43. The van der Waals surface area contributed by atoms with Crippen molar-refractivity contribution >= 4 is 28.0 Å². The van der Waals surface area contributed by atoms with Crippen LogP contribution in [0.25, 0.3) is 10.8 Å². The molecule has 124 valence electrons. The van der Waals surface area contributed by atoms with Crippen LogP contribution in [0.5, 0.6) is 0 Å². The Kier molecular flexibility index (Phi) is 4.57. The van der Waals surface area contributed by atoms with Crippen molar-refractivity contribution in [1.82, 2.24) is 4.90 Å². The molecule has 0 atom stereocenters. The summed E-state index contributed by atoms with van der Waals surface area (Å²) in [6.45, 7) is -1.34. The zero-order valence-corrected chi connectivity index (χ0v) is 13.4. The van der Waals surface area contributed by atoms with Crippen LogP contribution in [0.15, 0.2) is 59.3 Å². The Labute approximate surface area is 141 Å². The molecule has 1 amide bonds. The van der Waals surface area contributed by atoms with E-state index in [1.54, 1.807) is 41.1 Å². The maximum Gasteiger partial charge on any atom is 0.406 e. The Balaban J connectivity index is 1.97. The quantitative estimate of drug-likeness (QED) is 0.641. The van der Waals surface area contributed by atoms with Gasteiger partial charge in [0.1, 0.15) is 6.54 Å². The minimum Gasteiger partial charge on any atom is -0.325 e. The molecule has 3 rings (SSSR count). The van der Waals surface area contributed by atoms with Crippen molar-refractivity contribution in [3.8, 4) is 0 Å². The summed E-state index contributed by atoms with van der Waals surface area (Å²) in [4.78, 5) is 13.6. The van der Waals surface area contributed by atoms with Crippen molar-refractivity contribution in [2.45, 2.75) is 12.7 Å². The van der Waals surface area contributed by atoms with Crippen LogP contribution in [0.3, 0.4) is 0 Å². The lowest BCUT2D eigenvalue weighted by Gasteiger charge is -2.24. The number of amides is 1. The molecule has 0 unspecified atom stereocenters. The van der Waals surface area contributed by atoms with E-state index in [2.05, 4.69) is 0 Å². The maximum absolute atomic E-state index is 12.9. The number of alkyl halides is 3. The van der Waals surface area contributed by atoms with E-state index in [-0.39, 0.29) is 12.1 Å². The Morgan fingerprint density at radius 3 is 2.50 bits per heavy atom. The molecule has 0 radical (unpaired) electrons. The predicted molar refractivity (Wildman–Crippen MR) is 89.1 cm³/mol. The minimum atomic E-state index is -4.45. The van der Waals surface area contributed by atoms with Crippen LogP contribution in [0, 0.1) is 0 Å². The molecule has 0 saturated carbocycles. The van der Waals surface area contributed by atoms with E-state index in [0.29, 0.717) is 10.9 Å². The van der Waals surface area contributed by atoms with Gasteiger partial charge in [-0.3, -0.25) is 4.79 Å². The Hall–Kier alpha value is -2.34. The molecule has 2 nitrogen and oxygen atoms in total. The SMILES string of the molecule is O=C(c1cccc2ccccc12)N(Cc1ccsc1)CC(F)(F)F. The monoisotopic (exact) mass is 349 g/mol. The first-order valence-corrected chi connectivity index (χ1v) is 8.23. The highest BCUT2D eigenvalue weighted by atomic mass is 32.1. The lowest BCUT2D eigenvalue weighted by molar-refractivity contribution is -0.141. The van der Waals surface area contributed by atoms with Gasteiger partial charge >= 0.3 is 6.18 Å². The molecule has 0 aliphatic heterocycles. The maximum atomic E-state index is 12.9. The molecule has 0 spiro atoms. The third kappa shape index (κ3) is 3.76. The third-order valence-electron chi connectivity index (χ3n) is 3.63. The lowest BCUT2D eigenvalue weighted by Crippen LogP contribution is -2.38. The summed E-state index contributed by atoms with van der Waals surface area (Å²) in [5.41, 5.74) is 0.977. The summed E-state index contributed by atoms with van der Waals surface area (Å²) in [7, 11) is 0. The van der Waals surface area contributed by atoms with Gasteiger partial charge in [-0.1, -0.05) is 36.4 Å². The number of thiophene rings is 1. The average Bonchev–Trinajstić information content (AvgIpc) is 3.05. The second kappa shape index (κ2) is 6.65. The summed E-state index contributed by atoms with van der Waals surface area (Å²) < 4.78 is 38.8. The van der Waals surface area contributed by atoms with E-state index >= 15 is 0 Å². The van der Waals surface area contributed by atoms with Crippen LogP contribution < -0.4 is 0 Å². The highest BCUT2D eigenvalue weighted by Gasteiger charge is 2.33. The molecular weight excluding hydrogens is 335 g/mol. The summed E-state index contributed by atoms with van der Waals surface area (Å²) >= 11 is 1.39. The van der Waals surface area contributed by atoms with Gasteiger partial charge in [0.15, 0.2) is 0 Å². The molecule has 24 heavy (non-hydrogen) atoms. The molecule has 0 saturated heterocycles. The van der Waals surface area contributed by atoms with Gasteiger partial charge in [-0.2, -0.15) is 24.5 Å². The van der Waals surface area contributed by atoms with E-state index in [9.17, 15) is 18.0 Å². The predicted octanol–water partition coefficient (Wildman–Crippen LogP) is 5.11. The molecule has 2 aromatic carbocycles. The summed E-state index contributed by atoms with van der Waals surface area (Å²) in [5, 5.41) is 5.01. The number of carbonyl (C=O) groups excluding carboxylic acids is 1. The number of benzene rings is 2. The zero-order chi connectivity index (χ0) is 17.2. The Bertz CT molecular complexity index is 838. The third-order valence-corrected chi connectivity index (χ3v) is 4.36. The van der Waals surface area contributed by atoms with Crippen LogP contribution >= 0.6 is 11.3 Å². The number of carbonyl (C=O) groups is 1. The van der Waals surface area contributed by atoms with E-state index in [4.69, 9.17) is 0 Å². The molecule has 1 aromatic heterocycles. The van der Waals surface area contributed by atoms with Gasteiger partial charge in [0.25, 0.3) is 5.91 Å². The first-order chi connectivity index (χ1) is 11.4. The molecule has 0 bridgehead atoms. The number of halogens is 3. The van der Waals surface area contributed by atoms with Crippen LogP contribution in [0.2, 0.25) is 0 Å². The van der Waals surface area contributed by atoms with Gasteiger partial charge in [-0.05, 0) is 39.2 Å². The first kappa shape index (κ1) is 16.5. The minimum absolute atomic E-state index is 0.0644. The standard InChI is InChI=1S/C18H14F3NOS/c19-18(20,21)12-22(10-13-8-9-24-11-13)17(23)16-7-3-5-14-4-1-2-6-15(14)16/h1-9,11H,10,12H2. The van der Waals surface area contributed by atoms with E-state index in [1.165, 1.54) is 11.3 Å². The fourth-order valence-corrected chi connectivity index (χ4v) is 3.26. The second-order valence-corrected chi connectivity index (χ2v) is 6.21. The van der Waals surface area contributed by atoms with Gasteiger partial charge in [-0.25, -0.2) is 0 Å². The van der Waals surface area contributed by atoms with Crippen molar-refractivity contribution in [3.05, 3.63) is 70.4 Å². The van der Waals surface area contributed by atoms with Crippen molar-refractivity contribution in [2.75, 3.05) is 6.54 Å². The summed E-state index contributed by atoms with van der Waals surface area (Å²) in [5.74, 6) is -0.615. The molecule has 0 fully saturated rings. The fourth-order valence-electron chi connectivity index (χ4n) is 2.60. The molecule has 1 heterocycles. The van der Waals surface area contributed by atoms with Crippen LogP contribution in [-0.2, 0) is 6.54 Å². The molecule has 0 aliphatic rings. The molecular formula is C18H14F3NOS. The number of hydrogen-bond donors (Lipinski definition) is 0. The van der Waals surface area contributed by atoms with Gasteiger partial charge < -0.3 is 4.90 Å². The van der Waals surface area contributed by atoms with Gasteiger partial charge in [0.2, 0.25) is 0 Å². The highest BCUT2D eigenvalue weighted by Crippen LogP contribution is 2.24. The Morgan fingerprint density at radius 2 is 1.79 bits per heavy atom. The van der Waals surface area contributed by atoms with E-state index in [1.807, 2.05) is 18.2 Å². The largest absolute Gasteiger partial charge is 0.406 e. The fraction of sp³-hybridized carbons (Fsp3) is 0.167. The van der Waals surface area contributed by atoms with Crippen LogP contribution in [0.1, 0.15) is 15.9 Å².